The smallest absolute Gasteiger partial charge is 0.238 e. The van der Waals surface area contributed by atoms with Crippen LogP contribution < -0.4 is 10.6 Å². The summed E-state index contributed by atoms with van der Waals surface area (Å²) in [5.74, 6) is 0.723. The minimum Gasteiger partial charge on any atom is -0.340 e. The number of hydrogen-bond acceptors (Lipinski definition) is 6. The predicted octanol–water partition coefficient (Wildman–Crippen LogP) is 3.26. The third-order valence-electron chi connectivity index (χ3n) is 5.38. The Morgan fingerprint density at radius 1 is 1.03 bits per heavy atom. The predicted molar refractivity (Wildman–Crippen MR) is 121 cm³/mol. The van der Waals surface area contributed by atoms with Crippen LogP contribution in [-0.4, -0.2) is 65.4 Å². The average Bonchev–Trinajstić information content (AvgIpc) is 2.92. The molecule has 3 aromatic rings. The molecule has 0 aliphatic carbocycles. The molecule has 0 bridgehead atoms. The molecule has 1 amide bonds. The number of amides is 1. The number of hydrogen-bond donors (Lipinski definition) is 2. The third kappa shape index (κ3) is 5.11. The maximum atomic E-state index is 12.6. The number of fused-ring (bicyclic) bond motifs is 1. The minimum absolute atomic E-state index is 0.00365. The molecular weight excluding hydrogens is 376 g/mol. The molecule has 0 spiro atoms. The second-order valence-corrected chi connectivity index (χ2v) is 7.93. The Labute approximate surface area is 177 Å². The molecule has 0 saturated carbocycles. The first-order chi connectivity index (χ1) is 14.6. The molecule has 1 fully saturated rings. The number of benzene rings is 2. The van der Waals surface area contributed by atoms with E-state index in [1.54, 1.807) is 6.33 Å². The van der Waals surface area contributed by atoms with E-state index in [9.17, 15) is 4.79 Å². The molecule has 1 aliphatic rings. The molecule has 7 nitrogen and oxygen atoms in total. The average molecular weight is 405 g/mol. The van der Waals surface area contributed by atoms with Crippen molar-refractivity contribution >= 4 is 34.0 Å². The summed E-state index contributed by atoms with van der Waals surface area (Å²) in [6.45, 7) is 6.41. The maximum absolute atomic E-state index is 12.6. The van der Waals surface area contributed by atoms with E-state index in [-0.39, 0.29) is 5.91 Å². The highest BCUT2D eigenvalue weighted by molar-refractivity contribution is 5.97. The summed E-state index contributed by atoms with van der Waals surface area (Å²) in [7, 11) is 2.13. The highest BCUT2D eigenvalue weighted by atomic mass is 16.2. The summed E-state index contributed by atoms with van der Waals surface area (Å²) < 4.78 is 0. The van der Waals surface area contributed by atoms with Gasteiger partial charge in [0.15, 0.2) is 0 Å². The first-order valence-electron chi connectivity index (χ1n) is 10.4. The molecule has 156 valence electrons. The fraction of sp³-hybridized carbons (Fsp3) is 0.348. The van der Waals surface area contributed by atoms with Gasteiger partial charge < -0.3 is 15.5 Å². The van der Waals surface area contributed by atoms with Gasteiger partial charge in [0, 0.05) is 29.9 Å². The van der Waals surface area contributed by atoms with E-state index in [2.05, 4.69) is 56.5 Å². The highest BCUT2D eigenvalue weighted by Gasteiger charge is 2.15. The second kappa shape index (κ2) is 9.19. The van der Waals surface area contributed by atoms with Gasteiger partial charge in [0.25, 0.3) is 0 Å². The fourth-order valence-corrected chi connectivity index (χ4v) is 3.76. The number of rotatable bonds is 5. The van der Waals surface area contributed by atoms with Gasteiger partial charge in [-0.25, -0.2) is 9.97 Å². The van der Waals surface area contributed by atoms with Crippen molar-refractivity contribution in [2.75, 3.05) is 50.4 Å². The highest BCUT2D eigenvalue weighted by Crippen LogP contribution is 2.26. The first kappa shape index (κ1) is 20.3. The van der Waals surface area contributed by atoms with Crippen molar-refractivity contribution in [3.63, 3.8) is 0 Å². The van der Waals surface area contributed by atoms with Crippen molar-refractivity contribution in [3.8, 4) is 0 Å². The molecule has 0 atom stereocenters. The van der Waals surface area contributed by atoms with Gasteiger partial charge in [-0.05, 0) is 69.4 Å². The van der Waals surface area contributed by atoms with Crippen LogP contribution in [0, 0.1) is 6.92 Å². The summed E-state index contributed by atoms with van der Waals surface area (Å²) >= 11 is 0. The van der Waals surface area contributed by atoms with Crippen LogP contribution >= 0.6 is 0 Å². The van der Waals surface area contributed by atoms with Crippen molar-refractivity contribution < 1.29 is 4.79 Å². The van der Waals surface area contributed by atoms with E-state index >= 15 is 0 Å². The molecule has 1 saturated heterocycles. The number of aryl methyl sites for hydroxylation is 1. The molecule has 30 heavy (non-hydrogen) atoms. The number of carbonyl (C=O) groups is 1. The lowest BCUT2D eigenvalue weighted by Gasteiger charge is -2.19. The standard InChI is InChI=1S/C23H28N6O/c1-17-5-3-6-18(13-17)27-23-20-14-19(7-8-21(20)24-16-25-23)26-22(30)15-29-10-4-9-28(2)11-12-29/h3,5-8,13-14,16H,4,9-12,15H2,1-2H3,(H,26,30)(H,24,25,27). The Bertz CT molecular complexity index is 1040. The topological polar surface area (TPSA) is 73.4 Å². The molecule has 4 rings (SSSR count). The number of nitrogens with one attached hydrogen (secondary N) is 2. The normalized spacial score (nSPS) is 15.7. The van der Waals surface area contributed by atoms with Gasteiger partial charge in [-0.1, -0.05) is 12.1 Å². The van der Waals surface area contributed by atoms with Gasteiger partial charge >= 0.3 is 0 Å². The first-order valence-corrected chi connectivity index (χ1v) is 10.4. The Kier molecular flexibility index (Phi) is 6.21. The van der Waals surface area contributed by atoms with Gasteiger partial charge in [-0.3, -0.25) is 9.69 Å². The zero-order valence-corrected chi connectivity index (χ0v) is 17.6. The minimum atomic E-state index is 0.00365. The van der Waals surface area contributed by atoms with Gasteiger partial charge in [-0.2, -0.15) is 0 Å². The number of nitrogens with zero attached hydrogens (tertiary/aromatic N) is 4. The van der Waals surface area contributed by atoms with Crippen LogP contribution in [0.5, 0.6) is 0 Å². The molecular formula is C23H28N6O. The third-order valence-corrected chi connectivity index (χ3v) is 5.38. The SMILES string of the molecule is Cc1cccc(Nc2ncnc3ccc(NC(=O)CN4CCCN(C)CC4)cc23)c1. The second-order valence-electron chi connectivity index (χ2n) is 7.93. The van der Waals surface area contributed by atoms with Crippen LogP contribution in [0.1, 0.15) is 12.0 Å². The quantitative estimate of drug-likeness (QED) is 0.680. The number of anilines is 3. The summed E-state index contributed by atoms with van der Waals surface area (Å²) in [6, 6.07) is 13.9. The van der Waals surface area contributed by atoms with E-state index in [4.69, 9.17) is 0 Å². The zero-order chi connectivity index (χ0) is 20.9. The van der Waals surface area contributed by atoms with Crippen LogP contribution in [0.4, 0.5) is 17.2 Å². The van der Waals surface area contributed by atoms with Crippen molar-refractivity contribution in [1.82, 2.24) is 19.8 Å². The van der Waals surface area contributed by atoms with Crippen molar-refractivity contribution in [3.05, 3.63) is 54.4 Å². The van der Waals surface area contributed by atoms with Crippen LogP contribution in [0.15, 0.2) is 48.8 Å². The van der Waals surface area contributed by atoms with E-state index in [0.717, 1.165) is 60.7 Å². The number of carbonyl (C=O) groups excluding carboxylic acids is 1. The van der Waals surface area contributed by atoms with Crippen LogP contribution in [0.2, 0.25) is 0 Å². The monoisotopic (exact) mass is 404 g/mol. The van der Waals surface area contributed by atoms with E-state index in [1.165, 1.54) is 5.56 Å². The Hall–Kier alpha value is -3.03. The lowest BCUT2D eigenvalue weighted by atomic mass is 10.2. The van der Waals surface area contributed by atoms with E-state index in [0.29, 0.717) is 6.54 Å². The largest absolute Gasteiger partial charge is 0.340 e. The maximum Gasteiger partial charge on any atom is 0.238 e. The van der Waals surface area contributed by atoms with Gasteiger partial charge in [0.05, 0.1) is 12.1 Å². The zero-order valence-electron chi connectivity index (χ0n) is 17.6. The molecule has 2 heterocycles. The lowest BCUT2D eigenvalue weighted by Crippen LogP contribution is -2.35. The fourth-order valence-electron chi connectivity index (χ4n) is 3.76. The summed E-state index contributed by atoms with van der Waals surface area (Å²) in [5, 5.41) is 7.27. The van der Waals surface area contributed by atoms with Crippen LogP contribution in [-0.2, 0) is 4.79 Å². The van der Waals surface area contributed by atoms with Gasteiger partial charge in [0.2, 0.25) is 5.91 Å². The Morgan fingerprint density at radius 3 is 2.80 bits per heavy atom. The Morgan fingerprint density at radius 2 is 1.93 bits per heavy atom. The molecule has 0 unspecified atom stereocenters. The summed E-state index contributed by atoms with van der Waals surface area (Å²) in [6.07, 6.45) is 2.64. The van der Waals surface area contributed by atoms with Crippen molar-refractivity contribution in [2.45, 2.75) is 13.3 Å². The summed E-state index contributed by atoms with van der Waals surface area (Å²) in [4.78, 5) is 25.9. The van der Waals surface area contributed by atoms with E-state index < -0.39 is 0 Å². The Balaban J connectivity index is 1.49. The van der Waals surface area contributed by atoms with E-state index in [1.807, 2.05) is 30.3 Å². The van der Waals surface area contributed by atoms with Crippen molar-refractivity contribution in [2.24, 2.45) is 0 Å². The van der Waals surface area contributed by atoms with Crippen LogP contribution in [0.25, 0.3) is 10.9 Å². The number of likely N-dealkylation sites (N-methyl/N-ethyl adjacent to an activating group) is 1. The van der Waals surface area contributed by atoms with Crippen molar-refractivity contribution in [1.29, 1.82) is 0 Å². The lowest BCUT2D eigenvalue weighted by molar-refractivity contribution is -0.117. The molecule has 1 aromatic heterocycles. The van der Waals surface area contributed by atoms with Gasteiger partial charge in [0.1, 0.15) is 12.1 Å². The van der Waals surface area contributed by atoms with Gasteiger partial charge in [-0.15, -0.1) is 0 Å². The molecule has 2 aromatic carbocycles. The van der Waals surface area contributed by atoms with Crippen LogP contribution in [0.3, 0.4) is 0 Å². The number of aromatic nitrogens is 2. The molecule has 0 radical (unpaired) electrons. The molecule has 1 aliphatic heterocycles. The molecule has 2 N–H and O–H groups in total. The molecule has 7 heteroatoms. The summed E-state index contributed by atoms with van der Waals surface area (Å²) in [5.41, 5.74) is 3.72.